The molecule has 0 bridgehead atoms. The zero-order valence-corrected chi connectivity index (χ0v) is 9.79. The molecular formula is C13H18FNO. The van der Waals surface area contributed by atoms with Gasteiger partial charge in [0.1, 0.15) is 17.5 Å². The average molecular weight is 223 g/mol. The van der Waals surface area contributed by atoms with E-state index in [4.69, 9.17) is 4.74 Å². The summed E-state index contributed by atoms with van der Waals surface area (Å²) < 4.78 is 19.5. The van der Waals surface area contributed by atoms with Gasteiger partial charge < -0.3 is 10.1 Å². The first-order chi connectivity index (χ1) is 7.55. The molecule has 1 unspecified atom stereocenters. The van der Waals surface area contributed by atoms with Crippen molar-refractivity contribution < 1.29 is 9.13 Å². The first kappa shape index (κ1) is 11.4. The molecule has 0 aliphatic carbocycles. The maximum atomic E-state index is 13.7. The largest absolute Gasteiger partial charge is 0.489 e. The molecule has 1 aromatic rings. The molecule has 1 atom stereocenters. The van der Waals surface area contributed by atoms with E-state index in [9.17, 15) is 4.39 Å². The first-order valence-corrected chi connectivity index (χ1v) is 5.72. The van der Waals surface area contributed by atoms with E-state index in [1.165, 1.54) is 0 Å². The summed E-state index contributed by atoms with van der Waals surface area (Å²) in [4.78, 5) is 0. The summed E-state index contributed by atoms with van der Waals surface area (Å²) in [5.74, 6) is 0.761. The molecule has 0 aromatic heterocycles. The fourth-order valence-corrected chi connectivity index (χ4v) is 1.86. The molecule has 2 rings (SSSR count). The average Bonchev–Trinajstić information content (AvgIpc) is 2.70. The highest BCUT2D eigenvalue weighted by Gasteiger charge is 2.20. The van der Waals surface area contributed by atoms with Gasteiger partial charge in [0, 0.05) is 6.54 Å². The lowest BCUT2D eigenvalue weighted by Gasteiger charge is -2.17. The van der Waals surface area contributed by atoms with Gasteiger partial charge in [-0.25, -0.2) is 4.39 Å². The van der Waals surface area contributed by atoms with Crippen molar-refractivity contribution in [2.75, 3.05) is 13.1 Å². The number of hydrogen-bond donors (Lipinski definition) is 1. The van der Waals surface area contributed by atoms with Gasteiger partial charge in [-0.1, -0.05) is 12.1 Å². The molecule has 0 spiro atoms. The molecule has 1 aliphatic heterocycles. The second-order valence-corrected chi connectivity index (χ2v) is 4.73. The van der Waals surface area contributed by atoms with Crippen LogP contribution in [0.1, 0.15) is 25.8 Å². The fraction of sp³-hybridized carbons (Fsp3) is 0.538. The fourth-order valence-electron chi connectivity index (χ4n) is 1.86. The molecule has 2 nitrogen and oxygen atoms in total. The highest BCUT2D eigenvalue weighted by atomic mass is 19.1. The van der Waals surface area contributed by atoms with E-state index in [0.29, 0.717) is 5.56 Å². The van der Waals surface area contributed by atoms with E-state index < -0.39 is 5.67 Å². The number of ether oxygens (including phenoxy) is 1. The molecule has 1 aromatic carbocycles. The van der Waals surface area contributed by atoms with Gasteiger partial charge in [-0.3, -0.25) is 0 Å². The minimum Gasteiger partial charge on any atom is -0.489 e. The van der Waals surface area contributed by atoms with Crippen LogP contribution in [0.15, 0.2) is 24.3 Å². The number of rotatable bonds is 3. The van der Waals surface area contributed by atoms with Gasteiger partial charge in [0.2, 0.25) is 0 Å². The minimum absolute atomic E-state index is 0.220. The second kappa shape index (κ2) is 4.42. The van der Waals surface area contributed by atoms with Gasteiger partial charge in [0.15, 0.2) is 0 Å². The lowest BCUT2D eigenvalue weighted by Crippen LogP contribution is -2.20. The second-order valence-electron chi connectivity index (χ2n) is 4.73. The third-order valence-electron chi connectivity index (χ3n) is 2.84. The quantitative estimate of drug-likeness (QED) is 0.850. The van der Waals surface area contributed by atoms with Gasteiger partial charge >= 0.3 is 0 Å². The smallest absolute Gasteiger partial charge is 0.130 e. The van der Waals surface area contributed by atoms with E-state index in [1.54, 1.807) is 26.0 Å². The van der Waals surface area contributed by atoms with Gasteiger partial charge in [-0.05, 0) is 44.5 Å². The van der Waals surface area contributed by atoms with E-state index in [1.807, 2.05) is 12.1 Å². The number of hydrogen-bond acceptors (Lipinski definition) is 2. The predicted octanol–water partition coefficient (Wildman–Crippen LogP) is 2.63. The van der Waals surface area contributed by atoms with Crippen LogP contribution in [0.4, 0.5) is 4.39 Å². The summed E-state index contributed by atoms with van der Waals surface area (Å²) in [6.45, 7) is 4.99. The number of nitrogens with one attached hydrogen (secondary N) is 1. The predicted molar refractivity (Wildman–Crippen MR) is 62.5 cm³/mol. The van der Waals surface area contributed by atoms with Crippen molar-refractivity contribution in [3.63, 3.8) is 0 Å². The van der Waals surface area contributed by atoms with E-state index in [2.05, 4.69) is 5.32 Å². The third kappa shape index (κ3) is 2.73. The highest BCUT2D eigenvalue weighted by molar-refractivity contribution is 5.31. The summed E-state index contributed by atoms with van der Waals surface area (Å²) in [5.41, 5.74) is -0.649. The summed E-state index contributed by atoms with van der Waals surface area (Å²) >= 11 is 0. The van der Waals surface area contributed by atoms with Gasteiger partial charge in [0.25, 0.3) is 0 Å². The summed E-state index contributed by atoms with van der Waals surface area (Å²) in [5, 5.41) is 3.24. The van der Waals surface area contributed by atoms with E-state index in [-0.39, 0.29) is 6.10 Å². The molecule has 16 heavy (non-hydrogen) atoms. The zero-order chi connectivity index (χ0) is 11.6. The van der Waals surface area contributed by atoms with Crippen molar-refractivity contribution in [2.24, 2.45) is 0 Å². The monoisotopic (exact) mass is 223 g/mol. The van der Waals surface area contributed by atoms with Crippen molar-refractivity contribution in [3.8, 4) is 5.75 Å². The van der Waals surface area contributed by atoms with Crippen LogP contribution in [0.5, 0.6) is 5.75 Å². The standard InChI is InChI=1S/C13H18FNO/c1-13(2,14)10-4-3-5-11(8-10)16-12-6-7-15-9-12/h3-5,8,12,15H,6-7,9H2,1-2H3. The van der Waals surface area contributed by atoms with Crippen molar-refractivity contribution in [1.82, 2.24) is 5.32 Å². The lowest BCUT2D eigenvalue weighted by molar-refractivity contribution is 0.210. The maximum Gasteiger partial charge on any atom is 0.130 e. The lowest BCUT2D eigenvalue weighted by atomic mass is 10.0. The Balaban J connectivity index is 2.09. The summed E-state index contributed by atoms with van der Waals surface area (Å²) in [6.07, 6.45) is 1.24. The molecular weight excluding hydrogens is 205 g/mol. The molecule has 1 fully saturated rings. The summed E-state index contributed by atoms with van der Waals surface area (Å²) in [7, 11) is 0. The van der Waals surface area contributed by atoms with Crippen molar-refractivity contribution in [3.05, 3.63) is 29.8 Å². The number of halogens is 1. The molecule has 1 aliphatic rings. The SMILES string of the molecule is CC(C)(F)c1cccc(OC2CCNC2)c1. The van der Waals surface area contributed by atoms with Crippen LogP contribution < -0.4 is 10.1 Å². The molecule has 0 amide bonds. The van der Waals surface area contributed by atoms with Gasteiger partial charge in [-0.15, -0.1) is 0 Å². The topological polar surface area (TPSA) is 21.3 Å². The van der Waals surface area contributed by atoms with Crippen molar-refractivity contribution in [1.29, 1.82) is 0 Å². The first-order valence-electron chi connectivity index (χ1n) is 5.72. The highest BCUT2D eigenvalue weighted by Crippen LogP contribution is 2.28. The zero-order valence-electron chi connectivity index (χ0n) is 9.79. The van der Waals surface area contributed by atoms with Crippen molar-refractivity contribution in [2.45, 2.75) is 32.0 Å². The van der Waals surface area contributed by atoms with Crippen LogP contribution in [0.3, 0.4) is 0 Å². The van der Waals surface area contributed by atoms with Crippen molar-refractivity contribution >= 4 is 0 Å². The van der Waals surface area contributed by atoms with E-state index >= 15 is 0 Å². The Morgan fingerprint density at radius 2 is 2.25 bits per heavy atom. The van der Waals surface area contributed by atoms with Crippen LogP contribution in [0.2, 0.25) is 0 Å². The molecule has 88 valence electrons. The normalized spacial score (nSPS) is 21.1. The molecule has 0 radical (unpaired) electrons. The van der Waals surface area contributed by atoms with Crippen LogP contribution in [-0.4, -0.2) is 19.2 Å². The van der Waals surface area contributed by atoms with Gasteiger partial charge in [-0.2, -0.15) is 0 Å². The molecule has 1 saturated heterocycles. The Labute approximate surface area is 95.8 Å². The number of alkyl halides is 1. The molecule has 1 N–H and O–H groups in total. The molecule has 1 heterocycles. The Morgan fingerprint density at radius 3 is 2.88 bits per heavy atom. The molecule has 3 heteroatoms. The molecule has 0 saturated carbocycles. The number of benzene rings is 1. The minimum atomic E-state index is -1.31. The van der Waals surface area contributed by atoms with Crippen LogP contribution in [0, 0.1) is 0 Å². The summed E-state index contributed by atoms with van der Waals surface area (Å²) in [6, 6.07) is 7.31. The Bertz CT molecular complexity index is 353. The van der Waals surface area contributed by atoms with Gasteiger partial charge in [0.05, 0.1) is 0 Å². The van der Waals surface area contributed by atoms with Crippen LogP contribution >= 0.6 is 0 Å². The van der Waals surface area contributed by atoms with Crippen LogP contribution in [-0.2, 0) is 5.67 Å². The Hall–Kier alpha value is -1.09. The third-order valence-corrected chi connectivity index (χ3v) is 2.84. The Morgan fingerprint density at radius 1 is 1.44 bits per heavy atom. The Kier molecular flexibility index (Phi) is 3.15. The maximum absolute atomic E-state index is 13.7. The van der Waals surface area contributed by atoms with E-state index in [0.717, 1.165) is 25.3 Å². The van der Waals surface area contributed by atoms with Crippen LogP contribution in [0.25, 0.3) is 0 Å².